The molecule has 2 rings (SSSR count). The Morgan fingerprint density at radius 1 is 1.29 bits per heavy atom. The van der Waals surface area contributed by atoms with Crippen LogP contribution in [0, 0.1) is 19.7 Å². The van der Waals surface area contributed by atoms with Gasteiger partial charge in [-0.2, -0.15) is 9.97 Å². The van der Waals surface area contributed by atoms with Gasteiger partial charge in [-0.25, -0.2) is 4.39 Å². The molecule has 128 valence electrons. The molecule has 1 aromatic heterocycles. The summed E-state index contributed by atoms with van der Waals surface area (Å²) in [5.41, 5.74) is 2.67. The SMILES string of the molecule is CCOc1nc(C)c(NC(=O)CCc2ccc(F)c(Cl)c2)c(C)n1. The molecular formula is C17H19ClFN3O2. The van der Waals surface area contributed by atoms with Crippen LogP contribution in [0.2, 0.25) is 5.02 Å². The number of aromatic nitrogens is 2. The molecule has 0 aliphatic rings. The van der Waals surface area contributed by atoms with Gasteiger partial charge in [0.15, 0.2) is 0 Å². The largest absolute Gasteiger partial charge is 0.464 e. The Morgan fingerprint density at radius 3 is 2.54 bits per heavy atom. The molecule has 7 heteroatoms. The number of carbonyl (C=O) groups excluding carboxylic acids is 1. The van der Waals surface area contributed by atoms with Crippen molar-refractivity contribution in [2.45, 2.75) is 33.6 Å². The molecule has 0 bridgehead atoms. The van der Waals surface area contributed by atoms with Gasteiger partial charge in [0.25, 0.3) is 0 Å². The van der Waals surface area contributed by atoms with E-state index in [1.807, 2.05) is 6.92 Å². The number of nitrogens with one attached hydrogen (secondary N) is 1. The molecule has 0 unspecified atom stereocenters. The number of rotatable bonds is 6. The van der Waals surface area contributed by atoms with Crippen LogP contribution in [0.1, 0.15) is 30.3 Å². The molecule has 0 saturated carbocycles. The molecule has 0 aliphatic heterocycles. The Hall–Kier alpha value is -2.21. The summed E-state index contributed by atoms with van der Waals surface area (Å²) in [6.45, 7) is 5.90. The second kappa shape index (κ2) is 8.06. The highest BCUT2D eigenvalue weighted by Crippen LogP contribution is 2.21. The lowest BCUT2D eigenvalue weighted by molar-refractivity contribution is -0.116. The average molecular weight is 352 g/mol. The van der Waals surface area contributed by atoms with Gasteiger partial charge in [0, 0.05) is 6.42 Å². The van der Waals surface area contributed by atoms with E-state index in [1.54, 1.807) is 19.9 Å². The molecular weight excluding hydrogens is 333 g/mol. The van der Waals surface area contributed by atoms with Crippen LogP contribution < -0.4 is 10.1 Å². The highest BCUT2D eigenvalue weighted by molar-refractivity contribution is 6.30. The fourth-order valence-electron chi connectivity index (χ4n) is 2.22. The standard InChI is InChI=1S/C17H19ClFN3O2/c1-4-24-17-20-10(2)16(11(3)21-17)22-15(23)8-6-12-5-7-14(19)13(18)9-12/h5,7,9H,4,6,8H2,1-3H3,(H,22,23). The van der Waals surface area contributed by atoms with E-state index >= 15 is 0 Å². The van der Waals surface area contributed by atoms with E-state index in [9.17, 15) is 9.18 Å². The first-order valence-electron chi connectivity index (χ1n) is 7.62. The van der Waals surface area contributed by atoms with E-state index in [-0.39, 0.29) is 17.4 Å². The maximum atomic E-state index is 13.1. The van der Waals surface area contributed by atoms with Crippen LogP contribution in [0.4, 0.5) is 10.1 Å². The first-order valence-corrected chi connectivity index (χ1v) is 8.00. The van der Waals surface area contributed by atoms with Crippen LogP contribution in [0.3, 0.4) is 0 Å². The van der Waals surface area contributed by atoms with Crippen molar-refractivity contribution in [1.82, 2.24) is 9.97 Å². The van der Waals surface area contributed by atoms with Crippen molar-refractivity contribution in [3.8, 4) is 6.01 Å². The molecule has 0 radical (unpaired) electrons. The number of anilines is 1. The first kappa shape index (κ1) is 18.1. The Kier molecular flexibility index (Phi) is 6.09. The Morgan fingerprint density at radius 2 is 1.96 bits per heavy atom. The number of carbonyl (C=O) groups is 1. The van der Waals surface area contributed by atoms with Gasteiger partial charge in [0.1, 0.15) is 5.82 Å². The van der Waals surface area contributed by atoms with Gasteiger partial charge < -0.3 is 10.1 Å². The molecule has 0 spiro atoms. The second-order valence-corrected chi connectivity index (χ2v) is 5.69. The number of hydrogen-bond donors (Lipinski definition) is 1. The lowest BCUT2D eigenvalue weighted by Gasteiger charge is -2.12. The zero-order valence-electron chi connectivity index (χ0n) is 13.8. The van der Waals surface area contributed by atoms with E-state index in [1.165, 1.54) is 12.1 Å². The number of amides is 1. The molecule has 1 heterocycles. The van der Waals surface area contributed by atoms with Crippen LogP contribution in [-0.4, -0.2) is 22.5 Å². The molecule has 2 aromatic rings. The van der Waals surface area contributed by atoms with Gasteiger partial charge in [-0.05, 0) is 44.9 Å². The summed E-state index contributed by atoms with van der Waals surface area (Å²) in [5.74, 6) is -0.642. The van der Waals surface area contributed by atoms with Gasteiger partial charge in [-0.15, -0.1) is 0 Å². The number of hydrogen-bond acceptors (Lipinski definition) is 4. The average Bonchev–Trinajstić information content (AvgIpc) is 2.52. The summed E-state index contributed by atoms with van der Waals surface area (Å²) in [5, 5.41) is 2.87. The van der Waals surface area contributed by atoms with Crippen molar-refractivity contribution < 1.29 is 13.9 Å². The Bertz CT molecular complexity index is 730. The normalized spacial score (nSPS) is 10.5. The van der Waals surface area contributed by atoms with Crippen molar-refractivity contribution in [1.29, 1.82) is 0 Å². The summed E-state index contributed by atoms with van der Waals surface area (Å²) in [6, 6.07) is 4.74. The number of ether oxygens (including phenoxy) is 1. The van der Waals surface area contributed by atoms with Gasteiger partial charge in [0.2, 0.25) is 5.91 Å². The molecule has 0 atom stereocenters. The maximum Gasteiger partial charge on any atom is 0.316 e. The van der Waals surface area contributed by atoms with E-state index in [4.69, 9.17) is 16.3 Å². The molecule has 0 fully saturated rings. The third kappa shape index (κ3) is 4.64. The van der Waals surface area contributed by atoms with E-state index in [2.05, 4.69) is 15.3 Å². The fraction of sp³-hybridized carbons (Fsp3) is 0.353. The highest BCUT2D eigenvalue weighted by Gasteiger charge is 2.12. The molecule has 24 heavy (non-hydrogen) atoms. The van der Waals surface area contributed by atoms with Crippen LogP contribution in [0.25, 0.3) is 0 Å². The summed E-state index contributed by atoms with van der Waals surface area (Å²) in [4.78, 5) is 20.6. The summed E-state index contributed by atoms with van der Waals surface area (Å²) in [6.07, 6.45) is 0.704. The Balaban J connectivity index is 2.00. The van der Waals surface area contributed by atoms with Crippen molar-refractivity contribution in [2.24, 2.45) is 0 Å². The molecule has 1 amide bonds. The zero-order chi connectivity index (χ0) is 17.7. The van der Waals surface area contributed by atoms with Gasteiger partial charge in [0.05, 0.1) is 28.7 Å². The minimum absolute atomic E-state index is 0.0551. The van der Waals surface area contributed by atoms with Crippen LogP contribution >= 0.6 is 11.6 Å². The van der Waals surface area contributed by atoms with Crippen molar-refractivity contribution >= 4 is 23.2 Å². The predicted molar refractivity (Wildman–Crippen MR) is 91.0 cm³/mol. The highest BCUT2D eigenvalue weighted by atomic mass is 35.5. The van der Waals surface area contributed by atoms with Crippen molar-refractivity contribution in [2.75, 3.05) is 11.9 Å². The van der Waals surface area contributed by atoms with E-state index in [0.717, 1.165) is 5.56 Å². The minimum Gasteiger partial charge on any atom is -0.464 e. The summed E-state index contributed by atoms with van der Waals surface area (Å²) in [7, 11) is 0. The predicted octanol–water partition coefficient (Wildman–Crippen LogP) is 3.86. The third-order valence-corrected chi connectivity index (χ3v) is 3.70. The molecule has 0 aliphatic carbocycles. The first-order chi connectivity index (χ1) is 11.4. The monoisotopic (exact) mass is 351 g/mol. The summed E-state index contributed by atoms with van der Waals surface area (Å²) >= 11 is 5.74. The lowest BCUT2D eigenvalue weighted by Crippen LogP contribution is -2.16. The van der Waals surface area contributed by atoms with Gasteiger partial charge in [-0.1, -0.05) is 17.7 Å². The summed E-state index contributed by atoms with van der Waals surface area (Å²) < 4.78 is 18.4. The third-order valence-electron chi connectivity index (χ3n) is 3.41. The van der Waals surface area contributed by atoms with Gasteiger partial charge in [-0.3, -0.25) is 4.79 Å². The van der Waals surface area contributed by atoms with Crippen molar-refractivity contribution in [3.63, 3.8) is 0 Å². The Labute approximate surface area is 145 Å². The number of aryl methyl sites for hydroxylation is 3. The van der Waals surface area contributed by atoms with E-state index < -0.39 is 5.82 Å². The number of nitrogens with zero attached hydrogens (tertiary/aromatic N) is 2. The smallest absolute Gasteiger partial charge is 0.316 e. The number of benzene rings is 1. The fourth-order valence-corrected chi connectivity index (χ4v) is 2.42. The van der Waals surface area contributed by atoms with Crippen LogP contribution in [0.15, 0.2) is 18.2 Å². The zero-order valence-corrected chi connectivity index (χ0v) is 14.6. The van der Waals surface area contributed by atoms with Crippen LogP contribution in [0.5, 0.6) is 6.01 Å². The molecule has 5 nitrogen and oxygen atoms in total. The molecule has 1 aromatic carbocycles. The lowest BCUT2D eigenvalue weighted by atomic mass is 10.1. The molecule has 0 saturated heterocycles. The maximum absolute atomic E-state index is 13.1. The molecule has 1 N–H and O–H groups in total. The van der Waals surface area contributed by atoms with E-state index in [0.29, 0.717) is 36.1 Å². The quantitative estimate of drug-likeness (QED) is 0.858. The van der Waals surface area contributed by atoms with Crippen LogP contribution in [-0.2, 0) is 11.2 Å². The number of halogens is 2. The minimum atomic E-state index is -0.470. The van der Waals surface area contributed by atoms with Crippen molar-refractivity contribution in [3.05, 3.63) is 46.0 Å². The van der Waals surface area contributed by atoms with Gasteiger partial charge >= 0.3 is 6.01 Å². The second-order valence-electron chi connectivity index (χ2n) is 5.28. The topological polar surface area (TPSA) is 64.1 Å².